The number of aliphatic hydroxyl groups excluding tert-OH is 1. The Hall–Kier alpha value is -1.10. The first-order valence-corrected chi connectivity index (χ1v) is 4.88. The molecule has 0 saturated carbocycles. The highest BCUT2D eigenvalue weighted by atomic mass is 16.6. The Labute approximate surface area is 89.8 Å². The lowest BCUT2D eigenvalue weighted by atomic mass is 10.1. The van der Waals surface area contributed by atoms with Crippen molar-refractivity contribution in [3.63, 3.8) is 0 Å². The minimum absolute atomic E-state index is 0.0780. The van der Waals surface area contributed by atoms with Crippen LogP contribution in [0.25, 0.3) is 0 Å². The van der Waals surface area contributed by atoms with Gasteiger partial charge in [-0.1, -0.05) is 0 Å². The number of carbonyl (C=O) groups excluding carboxylic acids is 2. The second kappa shape index (κ2) is 5.70. The van der Waals surface area contributed by atoms with Gasteiger partial charge in [0.1, 0.15) is 5.60 Å². The molecule has 0 aliphatic carbocycles. The summed E-state index contributed by atoms with van der Waals surface area (Å²) in [5, 5.41) is 11.8. The van der Waals surface area contributed by atoms with E-state index in [0.29, 0.717) is 0 Å². The van der Waals surface area contributed by atoms with Gasteiger partial charge in [0, 0.05) is 13.5 Å². The number of hydrogen-bond donors (Lipinski definition) is 2. The molecule has 0 radical (unpaired) electrons. The molecule has 2 N–H and O–H groups in total. The lowest BCUT2D eigenvalue weighted by Gasteiger charge is -2.21. The molecule has 15 heavy (non-hydrogen) atoms. The van der Waals surface area contributed by atoms with Crippen LogP contribution in [0.1, 0.15) is 33.6 Å². The first-order valence-electron chi connectivity index (χ1n) is 4.88. The molecule has 0 saturated heterocycles. The molecular formula is C10H19NO4. The van der Waals surface area contributed by atoms with E-state index >= 15 is 0 Å². The highest BCUT2D eigenvalue weighted by Gasteiger charge is 2.23. The zero-order valence-corrected chi connectivity index (χ0v) is 9.66. The van der Waals surface area contributed by atoms with Crippen molar-refractivity contribution in [2.45, 2.75) is 45.3 Å². The van der Waals surface area contributed by atoms with E-state index in [2.05, 4.69) is 5.32 Å². The molecule has 5 nitrogen and oxygen atoms in total. The second-order valence-corrected chi connectivity index (χ2v) is 4.26. The molecule has 0 aliphatic rings. The van der Waals surface area contributed by atoms with E-state index in [9.17, 15) is 14.7 Å². The van der Waals surface area contributed by atoms with Crippen LogP contribution in [0.4, 0.5) is 0 Å². The minimum Gasteiger partial charge on any atom is -0.458 e. The third-order valence-corrected chi connectivity index (χ3v) is 1.60. The Balaban J connectivity index is 3.95. The van der Waals surface area contributed by atoms with E-state index in [1.807, 2.05) is 0 Å². The monoisotopic (exact) mass is 217 g/mol. The highest BCUT2D eigenvalue weighted by molar-refractivity contribution is 5.78. The normalized spacial score (nSPS) is 13.1. The number of rotatable bonds is 4. The Morgan fingerprint density at radius 1 is 1.40 bits per heavy atom. The van der Waals surface area contributed by atoms with Crippen molar-refractivity contribution in [1.29, 1.82) is 0 Å². The molecule has 0 fully saturated rings. The van der Waals surface area contributed by atoms with Gasteiger partial charge < -0.3 is 15.2 Å². The van der Waals surface area contributed by atoms with E-state index in [1.54, 1.807) is 20.8 Å². The number of hydrogen-bond acceptors (Lipinski definition) is 4. The van der Waals surface area contributed by atoms with Gasteiger partial charge in [-0.15, -0.1) is 0 Å². The van der Waals surface area contributed by atoms with Crippen LogP contribution >= 0.6 is 0 Å². The molecule has 0 bridgehead atoms. The summed E-state index contributed by atoms with van der Waals surface area (Å²) in [7, 11) is 1.50. The van der Waals surface area contributed by atoms with Gasteiger partial charge in [0.05, 0.1) is 0 Å². The Morgan fingerprint density at radius 3 is 2.33 bits per heavy atom. The van der Waals surface area contributed by atoms with Crippen molar-refractivity contribution in [2.24, 2.45) is 0 Å². The van der Waals surface area contributed by atoms with Crippen molar-refractivity contribution in [2.75, 3.05) is 7.05 Å². The van der Waals surface area contributed by atoms with Crippen LogP contribution in [0.2, 0.25) is 0 Å². The maximum Gasteiger partial charge on any atom is 0.335 e. The molecule has 5 heteroatoms. The standard InChI is InChI=1S/C10H19NO4/c1-10(2,3)15-9(14)7(12)5-6-8(13)11-4/h7,12H,5-6H2,1-4H3,(H,11,13)/t7-/m1/s1. The zero-order valence-electron chi connectivity index (χ0n) is 9.66. The minimum atomic E-state index is -1.23. The largest absolute Gasteiger partial charge is 0.458 e. The molecular weight excluding hydrogens is 198 g/mol. The van der Waals surface area contributed by atoms with Crippen molar-refractivity contribution in [3.05, 3.63) is 0 Å². The van der Waals surface area contributed by atoms with E-state index in [-0.39, 0.29) is 18.7 Å². The van der Waals surface area contributed by atoms with E-state index in [0.717, 1.165) is 0 Å². The number of amides is 1. The molecule has 0 unspecified atom stereocenters. The van der Waals surface area contributed by atoms with Crippen LogP contribution in [-0.2, 0) is 14.3 Å². The van der Waals surface area contributed by atoms with Crippen molar-refractivity contribution >= 4 is 11.9 Å². The summed E-state index contributed by atoms with van der Waals surface area (Å²) in [6.45, 7) is 5.16. The molecule has 1 atom stereocenters. The molecule has 0 rings (SSSR count). The van der Waals surface area contributed by atoms with E-state index in [4.69, 9.17) is 4.74 Å². The summed E-state index contributed by atoms with van der Waals surface area (Å²) in [4.78, 5) is 22.1. The van der Waals surface area contributed by atoms with Crippen molar-refractivity contribution < 1.29 is 19.4 Å². The van der Waals surface area contributed by atoms with Crippen LogP contribution in [-0.4, -0.2) is 35.7 Å². The van der Waals surface area contributed by atoms with Gasteiger partial charge in [-0.05, 0) is 27.2 Å². The summed E-state index contributed by atoms with van der Waals surface area (Å²) in [5.74, 6) is -0.899. The summed E-state index contributed by atoms with van der Waals surface area (Å²) in [6, 6.07) is 0. The molecule has 0 aromatic carbocycles. The maximum atomic E-state index is 11.3. The summed E-state index contributed by atoms with van der Waals surface area (Å²) in [6.07, 6.45) is -1.05. The lowest BCUT2D eigenvalue weighted by molar-refractivity contribution is -0.165. The molecule has 0 aromatic rings. The summed E-state index contributed by atoms with van der Waals surface area (Å²) < 4.78 is 4.94. The number of esters is 1. The molecule has 0 aromatic heterocycles. The van der Waals surface area contributed by atoms with Crippen LogP contribution in [0.3, 0.4) is 0 Å². The molecule has 88 valence electrons. The van der Waals surface area contributed by atoms with Gasteiger partial charge in [-0.25, -0.2) is 4.79 Å². The van der Waals surface area contributed by atoms with Crippen molar-refractivity contribution in [3.8, 4) is 0 Å². The molecule has 0 aliphatic heterocycles. The number of aliphatic hydroxyl groups is 1. The van der Waals surface area contributed by atoms with Gasteiger partial charge in [0.25, 0.3) is 0 Å². The molecule has 0 spiro atoms. The average molecular weight is 217 g/mol. The fourth-order valence-electron chi connectivity index (χ4n) is 0.880. The average Bonchev–Trinajstić information content (AvgIpc) is 2.10. The summed E-state index contributed by atoms with van der Waals surface area (Å²) in [5.41, 5.74) is -0.620. The van der Waals surface area contributed by atoms with Crippen LogP contribution in [0, 0.1) is 0 Å². The van der Waals surface area contributed by atoms with Crippen LogP contribution in [0.5, 0.6) is 0 Å². The summed E-state index contributed by atoms with van der Waals surface area (Å²) >= 11 is 0. The second-order valence-electron chi connectivity index (χ2n) is 4.26. The number of nitrogens with one attached hydrogen (secondary N) is 1. The third-order valence-electron chi connectivity index (χ3n) is 1.60. The topological polar surface area (TPSA) is 75.6 Å². The molecule has 1 amide bonds. The zero-order chi connectivity index (χ0) is 12.1. The van der Waals surface area contributed by atoms with E-state index < -0.39 is 17.7 Å². The van der Waals surface area contributed by atoms with Crippen LogP contribution in [0.15, 0.2) is 0 Å². The smallest absolute Gasteiger partial charge is 0.335 e. The first kappa shape index (κ1) is 13.9. The van der Waals surface area contributed by atoms with Crippen molar-refractivity contribution in [1.82, 2.24) is 5.32 Å². The van der Waals surface area contributed by atoms with Gasteiger partial charge in [-0.3, -0.25) is 4.79 Å². The van der Waals surface area contributed by atoms with E-state index in [1.165, 1.54) is 7.05 Å². The lowest BCUT2D eigenvalue weighted by Crippen LogP contribution is -2.32. The first-order chi connectivity index (χ1) is 6.76. The Morgan fingerprint density at radius 2 is 1.93 bits per heavy atom. The highest BCUT2D eigenvalue weighted by Crippen LogP contribution is 2.10. The molecule has 0 heterocycles. The third kappa shape index (κ3) is 6.90. The van der Waals surface area contributed by atoms with Gasteiger partial charge in [-0.2, -0.15) is 0 Å². The van der Waals surface area contributed by atoms with Gasteiger partial charge in [0.15, 0.2) is 6.10 Å². The quantitative estimate of drug-likeness (QED) is 0.660. The van der Waals surface area contributed by atoms with Gasteiger partial charge >= 0.3 is 5.97 Å². The van der Waals surface area contributed by atoms with Crippen LogP contribution < -0.4 is 5.32 Å². The Bertz CT molecular complexity index is 232. The number of ether oxygens (including phenoxy) is 1. The number of carbonyl (C=O) groups is 2. The fraction of sp³-hybridized carbons (Fsp3) is 0.800. The SMILES string of the molecule is CNC(=O)CC[C@@H](O)C(=O)OC(C)(C)C. The maximum absolute atomic E-state index is 11.3. The Kier molecular flexibility index (Phi) is 5.28. The predicted octanol–water partition coefficient (Wildman–Crippen LogP) is 0.215. The fourth-order valence-corrected chi connectivity index (χ4v) is 0.880. The predicted molar refractivity (Wildman–Crippen MR) is 55.2 cm³/mol. The van der Waals surface area contributed by atoms with Gasteiger partial charge in [0.2, 0.25) is 5.91 Å².